The van der Waals surface area contributed by atoms with Crippen LogP contribution in [0.4, 0.5) is 5.69 Å². The van der Waals surface area contributed by atoms with E-state index in [-0.39, 0.29) is 0 Å². The van der Waals surface area contributed by atoms with Gasteiger partial charge in [-0.15, -0.1) is 0 Å². The average Bonchev–Trinajstić information content (AvgIpc) is 2.52. The Bertz CT molecular complexity index is 552. The number of fused-ring (bicyclic) bond motifs is 1. The Morgan fingerprint density at radius 3 is 2.95 bits per heavy atom. The molecule has 0 atom stereocenters. The third-order valence-electron chi connectivity index (χ3n) is 3.72. The molecule has 1 aromatic heterocycles. The molecular formula is C16H21N3O. The normalized spacial score (nSPS) is 16.4. The summed E-state index contributed by atoms with van der Waals surface area (Å²) in [4.78, 5) is 6.60. The number of morpholine rings is 1. The lowest BCUT2D eigenvalue weighted by Crippen LogP contribution is -2.37. The minimum atomic E-state index is 0.881. The van der Waals surface area contributed by atoms with Crippen molar-refractivity contribution in [2.24, 2.45) is 0 Å². The van der Waals surface area contributed by atoms with E-state index in [4.69, 9.17) is 4.74 Å². The predicted molar refractivity (Wildman–Crippen MR) is 82.1 cm³/mol. The fraction of sp³-hybridized carbons (Fsp3) is 0.438. The Morgan fingerprint density at radius 2 is 2.05 bits per heavy atom. The quantitative estimate of drug-likeness (QED) is 0.847. The van der Waals surface area contributed by atoms with Crippen LogP contribution in [0.15, 0.2) is 36.7 Å². The number of benzene rings is 1. The molecule has 1 N–H and O–H groups in total. The summed E-state index contributed by atoms with van der Waals surface area (Å²) in [7, 11) is 0. The molecule has 3 rings (SSSR count). The highest BCUT2D eigenvalue weighted by Crippen LogP contribution is 2.17. The van der Waals surface area contributed by atoms with Crippen LogP contribution in [0.3, 0.4) is 0 Å². The van der Waals surface area contributed by atoms with Crippen molar-refractivity contribution < 1.29 is 4.74 Å². The Morgan fingerprint density at radius 1 is 1.15 bits per heavy atom. The maximum absolute atomic E-state index is 5.35. The summed E-state index contributed by atoms with van der Waals surface area (Å²) >= 11 is 0. The molecule has 0 bridgehead atoms. The van der Waals surface area contributed by atoms with Gasteiger partial charge in [-0.2, -0.15) is 0 Å². The van der Waals surface area contributed by atoms with Crippen molar-refractivity contribution >= 4 is 16.5 Å². The van der Waals surface area contributed by atoms with Crippen molar-refractivity contribution in [2.75, 3.05) is 44.7 Å². The minimum Gasteiger partial charge on any atom is -0.385 e. The zero-order valence-electron chi connectivity index (χ0n) is 11.7. The standard InChI is InChI=1S/C16H21N3O/c1(7-19-8-10-20-11-9-19)5-18-16-3-2-15-13-17-6-4-14(15)12-16/h2-4,6,12-13,18H,1,5,7-11H2. The van der Waals surface area contributed by atoms with Crippen LogP contribution in [0.2, 0.25) is 0 Å². The second kappa shape index (κ2) is 6.68. The first-order valence-electron chi connectivity index (χ1n) is 7.29. The molecule has 2 aromatic rings. The first-order valence-corrected chi connectivity index (χ1v) is 7.29. The molecule has 106 valence electrons. The van der Waals surface area contributed by atoms with Crippen LogP contribution in [-0.4, -0.2) is 49.3 Å². The number of nitrogens with one attached hydrogen (secondary N) is 1. The molecule has 1 aliphatic rings. The molecule has 0 aliphatic carbocycles. The van der Waals surface area contributed by atoms with E-state index < -0.39 is 0 Å². The van der Waals surface area contributed by atoms with Crippen molar-refractivity contribution in [3.63, 3.8) is 0 Å². The van der Waals surface area contributed by atoms with E-state index >= 15 is 0 Å². The molecule has 0 radical (unpaired) electrons. The lowest BCUT2D eigenvalue weighted by atomic mass is 10.1. The van der Waals surface area contributed by atoms with Gasteiger partial charge in [-0.25, -0.2) is 0 Å². The first-order chi connectivity index (χ1) is 9.92. The fourth-order valence-corrected chi connectivity index (χ4v) is 2.55. The Hall–Kier alpha value is -1.65. The van der Waals surface area contributed by atoms with Gasteiger partial charge in [-0.05, 0) is 36.6 Å². The highest BCUT2D eigenvalue weighted by Gasteiger charge is 2.08. The largest absolute Gasteiger partial charge is 0.385 e. The first kappa shape index (κ1) is 13.3. The molecule has 0 amide bonds. The summed E-state index contributed by atoms with van der Waals surface area (Å²) in [6.45, 7) is 6.06. The van der Waals surface area contributed by atoms with Crippen LogP contribution in [0.5, 0.6) is 0 Å². The lowest BCUT2D eigenvalue weighted by Gasteiger charge is -2.26. The molecule has 1 fully saturated rings. The molecule has 20 heavy (non-hydrogen) atoms. The van der Waals surface area contributed by atoms with E-state index in [2.05, 4.69) is 33.4 Å². The van der Waals surface area contributed by atoms with Crippen molar-refractivity contribution in [3.8, 4) is 0 Å². The zero-order chi connectivity index (χ0) is 13.6. The molecule has 4 heteroatoms. The topological polar surface area (TPSA) is 37.4 Å². The van der Waals surface area contributed by atoms with Crippen molar-refractivity contribution in [1.82, 2.24) is 9.88 Å². The van der Waals surface area contributed by atoms with Crippen molar-refractivity contribution in [3.05, 3.63) is 36.7 Å². The van der Waals surface area contributed by atoms with Gasteiger partial charge in [0, 0.05) is 43.1 Å². The van der Waals surface area contributed by atoms with Gasteiger partial charge in [-0.1, -0.05) is 6.07 Å². The molecule has 2 heterocycles. The molecule has 0 spiro atoms. The van der Waals surface area contributed by atoms with Gasteiger partial charge in [0.1, 0.15) is 0 Å². The third-order valence-corrected chi connectivity index (χ3v) is 3.72. The number of nitrogens with zero attached hydrogens (tertiary/aromatic N) is 2. The number of pyridine rings is 1. The van der Waals surface area contributed by atoms with Crippen molar-refractivity contribution in [1.29, 1.82) is 0 Å². The van der Waals surface area contributed by atoms with E-state index in [1.54, 1.807) is 0 Å². The highest BCUT2D eigenvalue weighted by molar-refractivity contribution is 5.84. The van der Waals surface area contributed by atoms with Crippen LogP contribution in [0.25, 0.3) is 10.8 Å². The average molecular weight is 271 g/mol. The van der Waals surface area contributed by atoms with Gasteiger partial charge in [0.15, 0.2) is 0 Å². The van der Waals surface area contributed by atoms with Gasteiger partial charge in [0.05, 0.1) is 13.2 Å². The number of anilines is 1. The summed E-state index contributed by atoms with van der Waals surface area (Å²) in [5.41, 5.74) is 1.19. The maximum Gasteiger partial charge on any atom is 0.0594 e. The summed E-state index contributed by atoms with van der Waals surface area (Å²) in [6.07, 6.45) is 4.90. The molecule has 1 saturated heterocycles. The van der Waals surface area contributed by atoms with Gasteiger partial charge in [-0.3, -0.25) is 9.88 Å². The fourth-order valence-electron chi connectivity index (χ4n) is 2.55. The number of ether oxygens (including phenoxy) is 1. The summed E-state index contributed by atoms with van der Waals surface area (Å²) < 4.78 is 5.35. The Kier molecular flexibility index (Phi) is 4.46. The van der Waals surface area contributed by atoms with E-state index in [0.29, 0.717) is 0 Å². The Labute approximate surface area is 119 Å². The second-order valence-electron chi connectivity index (χ2n) is 5.17. The molecule has 1 aliphatic heterocycles. The summed E-state index contributed by atoms with van der Waals surface area (Å²) in [5.74, 6) is 0. The number of rotatable bonds is 5. The number of aromatic nitrogens is 1. The second-order valence-corrected chi connectivity index (χ2v) is 5.17. The van der Waals surface area contributed by atoms with Crippen LogP contribution in [0, 0.1) is 0 Å². The molecule has 0 unspecified atom stereocenters. The Balaban J connectivity index is 1.47. The highest BCUT2D eigenvalue weighted by atomic mass is 16.5. The minimum absolute atomic E-state index is 0.881. The summed E-state index contributed by atoms with van der Waals surface area (Å²) in [6, 6.07) is 8.48. The smallest absolute Gasteiger partial charge is 0.0594 e. The van der Waals surface area contributed by atoms with Gasteiger partial charge in [0.2, 0.25) is 0 Å². The van der Waals surface area contributed by atoms with E-state index in [9.17, 15) is 0 Å². The molecule has 1 aromatic carbocycles. The summed E-state index contributed by atoms with van der Waals surface area (Å²) in [5, 5.41) is 5.92. The van der Waals surface area contributed by atoms with Crippen LogP contribution in [-0.2, 0) is 4.74 Å². The maximum atomic E-state index is 5.35. The zero-order valence-corrected chi connectivity index (χ0v) is 11.7. The van der Waals surface area contributed by atoms with Crippen LogP contribution in [0.1, 0.15) is 6.42 Å². The monoisotopic (exact) mass is 271 g/mol. The predicted octanol–water partition coefficient (Wildman–Crippen LogP) is 2.37. The molecule has 0 saturated carbocycles. The van der Waals surface area contributed by atoms with Crippen LogP contribution >= 0.6 is 0 Å². The molecular weight excluding hydrogens is 250 g/mol. The number of hydrogen-bond donors (Lipinski definition) is 1. The van der Waals surface area contributed by atoms with E-state index in [0.717, 1.165) is 45.8 Å². The SMILES string of the molecule is c1cc2cc(NCCCN3CCOCC3)ccc2cn1. The van der Waals surface area contributed by atoms with Crippen LogP contribution < -0.4 is 5.32 Å². The van der Waals surface area contributed by atoms with Crippen molar-refractivity contribution in [2.45, 2.75) is 6.42 Å². The molecule has 4 nitrogen and oxygen atoms in total. The third kappa shape index (κ3) is 3.46. The number of hydrogen-bond acceptors (Lipinski definition) is 4. The van der Waals surface area contributed by atoms with Gasteiger partial charge >= 0.3 is 0 Å². The van der Waals surface area contributed by atoms with Gasteiger partial charge < -0.3 is 10.1 Å². The lowest BCUT2D eigenvalue weighted by molar-refractivity contribution is 0.0378. The van der Waals surface area contributed by atoms with E-state index in [1.807, 2.05) is 18.5 Å². The van der Waals surface area contributed by atoms with E-state index in [1.165, 1.54) is 16.5 Å². The van der Waals surface area contributed by atoms with Gasteiger partial charge in [0.25, 0.3) is 0 Å².